The minimum atomic E-state index is -2.79. The van der Waals surface area contributed by atoms with Crippen LogP contribution in [0.4, 0.5) is 0 Å². The molecular weight excluding hydrogens is 236 g/mol. The largest absolute Gasteiger partial charge is 0.317 e. The highest BCUT2D eigenvalue weighted by Gasteiger charge is 2.24. The quantitative estimate of drug-likeness (QED) is 0.794. The van der Waals surface area contributed by atoms with E-state index in [-0.39, 0.29) is 0 Å². The molecule has 0 aliphatic carbocycles. The molecule has 0 amide bonds. The first-order valence-electron chi connectivity index (χ1n) is 6.61. The number of nitrogens with one attached hydrogen (secondary N) is 1. The second-order valence-electron chi connectivity index (χ2n) is 5.07. The third-order valence-electron chi connectivity index (χ3n) is 3.71. The zero-order chi connectivity index (χ0) is 12.9. The molecule has 1 N–H and O–H groups in total. The Balaban J connectivity index is 2.48. The van der Waals surface area contributed by atoms with Gasteiger partial charge in [-0.25, -0.2) is 8.42 Å². The molecular formula is C12H26N2O2S. The predicted molar refractivity (Wildman–Crippen MR) is 72.0 cm³/mol. The fraction of sp³-hybridized carbons (Fsp3) is 1.00. The van der Waals surface area contributed by atoms with Crippen molar-refractivity contribution in [1.29, 1.82) is 0 Å². The van der Waals surface area contributed by atoms with E-state index in [1.807, 2.05) is 0 Å². The van der Waals surface area contributed by atoms with E-state index in [0.29, 0.717) is 30.0 Å². The summed E-state index contributed by atoms with van der Waals surface area (Å²) in [5.41, 5.74) is 0. The van der Waals surface area contributed by atoms with E-state index < -0.39 is 9.84 Å². The van der Waals surface area contributed by atoms with Crippen molar-refractivity contribution in [3.05, 3.63) is 0 Å². The van der Waals surface area contributed by atoms with E-state index in [0.717, 1.165) is 26.1 Å². The summed E-state index contributed by atoms with van der Waals surface area (Å²) in [7, 11) is -2.79. The lowest BCUT2D eigenvalue weighted by Gasteiger charge is -2.32. The first-order valence-corrected chi connectivity index (χ1v) is 8.43. The van der Waals surface area contributed by atoms with Crippen molar-refractivity contribution in [3.63, 3.8) is 0 Å². The molecule has 1 aliphatic heterocycles. The van der Waals surface area contributed by atoms with E-state index >= 15 is 0 Å². The molecule has 0 spiro atoms. The molecule has 1 aliphatic rings. The van der Waals surface area contributed by atoms with Gasteiger partial charge in [-0.05, 0) is 38.9 Å². The molecule has 0 aromatic heterocycles. The normalized spacial score (nSPS) is 25.1. The highest BCUT2D eigenvalue weighted by Crippen LogP contribution is 2.14. The van der Waals surface area contributed by atoms with Crippen molar-refractivity contribution < 1.29 is 8.42 Å². The van der Waals surface area contributed by atoms with Crippen molar-refractivity contribution in [1.82, 2.24) is 10.2 Å². The smallest absolute Gasteiger partial charge is 0.151 e. The average molecular weight is 262 g/mol. The van der Waals surface area contributed by atoms with E-state index in [2.05, 4.69) is 31.0 Å². The zero-order valence-corrected chi connectivity index (χ0v) is 12.1. The van der Waals surface area contributed by atoms with Crippen molar-refractivity contribution in [2.24, 2.45) is 5.92 Å². The SMILES string of the molecule is CCNCC(C)C(C)N1CCCS(=O)(=O)CC1. The van der Waals surface area contributed by atoms with Gasteiger partial charge in [0.05, 0.1) is 11.5 Å². The average Bonchev–Trinajstić information content (AvgIpc) is 2.46. The Morgan fingerprint density at radius 2 is 1.94 bits per heavy atom. The minimum absolute atomic E-state index is 0.325. The number of hydrogen-bond donors (Lipinski definition) is 1. The van der Waals surface area contributed by atoms with Crippen LogP contribution >= 0.6 is 0 Å². The standard InChI is InChI=1S/C12H26N2O2S/c1-4-13-10-11(2)12(3)14-6-5-8-17(15,16)9-7-14/h11-13H,4-10H2,1-3H3. The van der Waals surface area contributed by atoms with Crippen molar-refractivity contribution in [2.45, 2.75) is 33.2 Å². The molecule has 17 heavy (non-hydrogen) atoms. The number of hydrogen-bond acceptors (Lipinski definition) is 4. The summed E-state index contributed by atoms with van der Waals surface area (Å²) < 4.78 is 23.1. The fourth-order valence-corrected chi connectivity index (χ4v) is 3.55. The number of nitrogens with zero attached hydrogens (tertiary/aromatic N) is 1. The Morgan fingerprint density at radius 3 is 2.59 bits per heavy atom. The molecule has 1 saturated heterocycles. The molecule has 0 aromatic carbocycles. The Bertz CT molecular complexity index is 316. The van der Waals surface area contributed by atoms with Gasteiger partial charge in [0.25, 0.3) is 0 Å². The van der Waals surface area contributed by atoms with E-state index in [9.17, 15) is 8.42 Å². The highest BCUT2D eigenvalue weighted by atomic mass is 32.2. The Hall–Kier alpha value is -0.130. The van der Waals surface area contributed by atoms with Crippen LogP contribution in [0.2, 0.25) is 0 Å². The zero-order valence-electron chi connectivity index (χ0n) is 11.3. The van der Waals surface area contributed by atoms with Gasteiger partial charge in [0.1, 0.15) is 0 Å². The molecule has 1 fully saturated rings. The summed E-state index contributed by atoms with van der Waals surface area (Å²) >= 11 is 0. The molecule has 0 bridgehead atoms. The summed E-state index contributed by atoms with van der Waals surface area (Å²) in [6.07, 6.45) is 0.778. The molecule has 0 saturated carbocycles. The van der Waals surface area contributed by atoms with Gasteiger partial charge in [-0.2, -0.15) is 0 Å². The number of sulfone groups is 1. The van der Waals surface area contributed by atoms with Crippen LogP contribution in [0.15, 0.2) is 0 Å². The van der Waals surface area contributed by atoms with Gasteiger partial charge >= 0.3 is 0 Å². The monoisotopic (exact) mass is 262 g/mol. The van der Waals surface area contributed by atoms with Crippen molar-refractivity contribution >= 4 is 9.84 Å². The fourth-order valence-electron chi connectivity index (χ4n) is 2.27. The van der Waals surface area contributed by atoms with Crippen LogP contribution in [0.3, 0.4) is 0 Å². The Labute approximate surface area is 106 Å². The molecule has 0 radical (unpaired) electrons. The van der Waals surface area contributed by atoms with Crippen LogP contribution in [-0.4, -0.2) is 57.0 Å². The highest BCUT2D eigenvalue weighted by molar-refractivity contribution is 7.91. The summed E-state index contributed by atoms with van der Waals surface area (Å²) in [5, 5.41) is 3.35. The van der Waals surface area contributed by atoms with Crippen LogP contribution in [0.25, 0.3) is 0 Å². The van der Waals surface area contributed by atoms with Gasteiger partial charge in [0, 0.05) is 12.6 Å². The lowest BCUT2D eigenvalue weighted by molar-refractivity contribution is 0.171. The first-order chi connectivity index (χ1) is 7.96. The van der Waals surface area contributed by atoms with E-state index in [1.54, 1.807) is 0 Å². The van der Waals surface area contributed by atoms with E-state index in [4.69, 9.17) is 0 Å². The van der Waals surface area contributed by atoms with E-state index in [1.165, 1.54) is 0 Å². The lowest BCUT2D eigenvalue weighted by Crippen LogP contribution is -2.42. The molecule has 2 unspecified atom stereocenters. The third-order valence-corrected chi connectivity index (χ3v) is 5.42. The maximum absolute atomic E-state index is 11.5. The third kappa shape index (κ3) is 4.94. The van der Waals surface area contributed by atoms with Gasteiger partial charge in [-0.3, -0.25) is 4.90 Å². The van der Waals surface area contributed by atoms with Gasteiger partial charge < -0.3 is 5.32 Å². The van der Waals surface area contributed by atoms with Gasteiger partial charge in [-0.1, -0.05) is 13.8 Å². The topological polar surface area (TPSA) is 49.4 Å². The number of rotatable bonds is 5. The molecule has 102 valence electrons. The lowest BCUT2D eigenvalue weighted by atomic mass is 10.0. The Kier molecular flexibility index (Phi) is 5.89. The predicted octanol–water partition coefficient (Wildman–Crippen LogP) is 0.741. The molecule has 4 nitrogen and oxygen atoms in total. The van der Waals surface area contributed by atoms with Crippen LogP contribution in [0, 0.1) is 5.92 Å². The van der Waals surface area contributed by atoms with Crippen LogP contribution < -0.4 is 5.32 Å². The van der Waals surface area contributed by atoms with Crippen molar-refractivity contribution in [3.8, 4) is 0 Å². The molecule has 5 heteroatoms. The van der Waals surface area contributed by atoms with Crippen molar-refractivity contribution in [2.75, 3.05) is 37.7 Å². The maximum Gasteiger partial charge on any atom is 0.151 e. The molecule has 1 rings (SSSR count). The molecule has 0 aromatic rings. The van der Waals surface area contributed by atoms with Crippen LogP contribution in [0.5, 0.6) is 0 Å². The Morgan fingerprint density at radius 1 is 1.24 bits per heavy atom. The summed E-state index contributed by atoms with van der Waals surface area (Å²) in [5.74, 6) is 1.24. The van der Waals surface area contributed by atoms with Gasteiger partial charge in [0.2, 0.25) is 0 Å². The summed E-state index contributed by atoms with van der Waals surface area (Å²) in [4.78, 5) is 2.33. The molecule has 1 heterocycles. The van der Waals surface area contributed by atoms with Crippen LogP contribution in [0.1, 0.15) is 27.2 Å². The maximum atomic E-state index is 11.5. The summed E-state index contributed by atoms with van der Waals surface area (Å²) in [6.45, 7) is 10.1. The van der Waals surface area contributed by atoms with Crippen LogP contribution in [-0.2, 0) is 9.84 Å². The second kappa shape index (κ2) is 6.71. The van der Waals surface area contributed by atoms with Gasteiger partial charge in [-0.15, -0.1) is 0 Å². The molecule has 2 atom stereocenters. The first kappa shape index (κ1) is 14.9. The summed E-state index contributed by atoms with van der Waals surface area (Å²) in [6, 6.07) is 0.447. The minimum Gasteiger partial charge on any atom is -0.317 e. The second-order valence-corrected chi connectivity index (χ2v) is 7.37. The van der Waals surface area contributed by atoms with Gasteiger partial charge in [0.15, 0.2) is 9.84 Å².